The van der Waals surface area contributed by atoms with Crippen LogP contribution in [0.25, 0.3) is 11.3 Å². The Balaban J connectivity index is 1.30. The van der Waals surface area contributed by atoms with E-state index in [-0.39, 0.29) is 11.7 Å². The number of para-hydroxylation sites is 1. The zero-order chi connectivity index (χ0) is 21.1. The van der Waals surface area contributed by atoms with Crippen molar-refractivity contribution in [2.75, 3.05) is 42.9 Å². The molecular weight excluding hydrogens is 399 g/mol. The van der Waals surface area contributed by atoms with Crippen LogP contribution in [-0.2, 0) is 4.79 Å². The van der Waals surface area contributed by atoms with Crippen molar-refractivity contribution in [3.05, 3.63) is 64.8 Å². The molecule has 0 spiro atoms. The molecule has 0 unspecified atom stereocenters. The summed E-state index contributed by atoms with van der Waals surface area (Å²) in [5.41, 5.74) is 5.03. The molecule has 5 nitrogen and oxygen atoms in total. The number of aryl methyl sites for hydroxylation is 2. The van der Waals surface area contributed by atoms with Crippen molar-refractivity contribution in [3.63, 3.8) is 0 Å². The van der Waals surface area contributed by atoms with Crippen molar-refractivity contribution >= 4 is 28.1 Å². The standard InChI is InChI=1S/C23H25FN4OS/c1-16-7-8-18(13-17(16)2)20-15-30-23(25-20)26-22(29)14-27-9-11-28(12-10-27)21-6-4-3-5-19(21)24/h3-8,13,15H,9-12,14H2,1-2H3,(H,25,26,29). The Morgan fingerprint density at radius 1 is 1.10 bits per heavy atom. The van der Waals surface area contributed by atoms with E-state index in [0.717, 1.165) is 11.3 Å². The molecule has 1 N–H and O–H groups in total. The molecule has 0 radical (unpaired) electrons. The van der Waals surface area contributed by atoms with Gasteiger partial charge in [-0.2, -0.15) is 0 Å². The first kappa shape index (κ1) is 20.5. The number of hydrogen-bond donors (Lipinski definition) is 1. The van der Waals surface area contributed by atoms with E-state index >= 15 is 0 Å². The lowest BCUT2D eigenvalue weighted by atomic mass is 10.1. The second-order valence-corrected chi connectivity index (χ2v) is 8.46. The summed E-state index contributed by atoms with van der Waals surface area (Å²) >= 11 is 1.43. The molecule has 7 heteroatoms. The van der Waals surface area contributed by atoms with E-state index in [9.17, 15) is 9.18 Å². The predicted octanol–water partition coefficient (Wildman–Crippen LogP) is 4.33. The monoisotopic (exact) mass is 424 g/mol. The molecule has 2 heterocycles. The molecule has 1 aliphatic heterocycles. The summed E-state index contributed by atoms with van der Waals surface area (Å²) in [6.45, 7) is 7.30. The second-order valence-electron chi connectivity index (χ2n) is 7.60. The summed E-state index contributed by atoms with van der Waals surface area (Å²) in [6.07, 6.45) is 0. The summed E-state index contributed by atoms with van der Waals surface area (Å²) in [6, 6.07) is 13.1. The maximum Gasteiger partial charge on any atom is 0.240 e. The third-order valence-corrected chi connectivity index (χ3v) is 6.24. The predicted molar refractivity (Wildman–Crippen MR) is 121 cm³/mol. The van der Waals surface area contributed by atoms with Gasteiger partial charge in [0.05, 0.1) is 17.9 Å². The number of hydrogen-bond acceptors (Lipinski definition) is 5. The van der Waals surface area contributed by atoms with Crippen molar-refractivity contribution in [2.45, 2.75) is 13.8 Å². The Kier molecular flexibility index (Phi) is 6.11. The molecule has 0 aliphatic carbocycles. The summed E-state index contributed by atoms with van der Waals surface area (Å²) < 4.78 is 14.0. The first-order chi connectivity index (χ1) is 14.5. The fourth-order valence-corrected chi connectivity index (χ4v) is 4.32. The van der Waals surface area contributed by atoms with E-state index in [0.29, 0.717) is 43.5 Å². The molecule has 30 heavy (non-hydrogen) atoms. The van der Waals surface area contributed by atoms with Crippen molar-refractivity contribution in [3.8, 4) is 11.3 Å². The zero-order valence-electron chi connectivity index (χ0n) is 17.2. The average Bonchev–Trinajstić information content (AvgIpc) is 3.19. The van der Waals surface area contributed by atoms with Crippen LogP contribution < -0.4 is 10.2 Å². The highest BCUT2D eigenvalue weighted by Crippen LogP contribution is 2.26. The molecule has 1 aliphatic rings. The van der Waals surface area contributed by atoms with Crippen LogP contribution in [0.5, 0.6) is 0 Å². The minimum Gasteiger partial charge on any atom is -0.367 e. The summed E-state index contributed by atoms with van der Waals surface area (Å²) in [4.78, 5) is 21.2. The van der Waals surface area contributed by atoms with Crippen LogP contribution in [0.15, 0.2) is 47.8 Å². The highest BCUT2D eigenvalue weighted by molar-refractivity contribution is 7.14. The second kappa shape index (κ2) is 8.93. The van der Waals surface area contributed by atoms with Gasteiger partial charge in [-0.1, -0.05) is 24.3 Å². The number of rotatable bonds is 5. The Morgan fingerprint density at radius 3 is 2.60 bits per heavy atom. The van der Waals surface area contributed by atoms with Gasteiger partial charge in [0, 0.05) is 37.1 Å². The number of nitrogens with one attached hydrogen (secondary N) is 1. The molecule has 1 amide bonds. The number of carbonyl (C=O) groups is 1. The first-order valence-corrected chi connectivity index (χ1v) is 10.9. The third kappa shape index (κ3) is 4.68. The molecule has 0 bridgehead atoms. The van der Waals surface area contributed by atoms with E-state index in [4.69, 9.17) is 0 Å². The third-order valence-electron chi connectivity index (χ3n) is 5.49. The van der Waals surface area contributed by atoms with Gasteiger partial charge in [-0.15, -0.1) is 11.3 Å². The molecule has 156 valence electrons. The fourth-order valence-electron chi connectivity index (χ4n) is 3.58. The van der Waals surface area contributed by atoms with Gasteiger partial charge < -0.3 is 10.2 Å². The van der Waals surface area contributed by atoms with E-state index in [1.165, 1.54) is 28.5 Å². The SMILES string of the molecule is Cc1ccc(-c2csc(NC(=O)CN3CCN(c4ccccc4F)CC3)n2)cc1C. The van der Waals surface area contributed by atoms with Crippen LogP contribution in [-0.4, -0.2) is 48.5 Å². The summed E-state index contributed by atoms with van der Waals surface area (Å²) in [5, 5.41) is 5.49. The average molecular weight is 425 g/mol. The molecular formula is C23H25FN4OS. The van der Waals surface area contributed by atoms with Gasteiger partial charge in [-0.25, -0.2) is 9.37 Å². The molecule has 3 aromatic rings. The summed E-state index contributed by atoms with van der Waals surface area (Å²) in [7, 11) is 0. The lowest BCUT2D eigenvalue weighted by molar-refractivity contribution is -0.117. The van der Waals surface area contributed by atoms with E-state index < -0.39 is 0 Å². The normalized spacial score (nSPS) is 14.7. The molecule has 0 saturated carbocycles. The molecule has 0 atom stereocenters. The minimum atomic E-state index is -0.202. The van der Waals surface area contributed by atoms with Gasteiger partial charge in [0.2, 0.25) is 5.91 Å². The van der Waals surface area contributed by atoms with Crippen LogP contribution in [0, 0.1) is 19.7 Å². The smallest absolute Gasteiger partial charge is 0.240 e. The fraction of sp³-hybridized carbons (Fsp3) is 0.304. The Morgan fingerprint density at radius 2 is 1.87 bits per heavy atom. The maximum atomic E-state index is 14.0. The quantitative estimate of drug-likeness (QED) is 0.663. The highest BCUT2D eigenvalue weighted by atomic mass is 32.1. The van der Waals surface area contributed by atoms with Crippen LogP contribution in [0.2, 0.25) is 0 Å². The lowest BCUT2D eigenvalue weighted by Crippen LogP contribution is -2.48. The molecule has 1 aromatic heterocycles. The number of nitrogens with zero attached hydrogens (tertiary/aromatic N) is 3. The van der Waals surface area contributed by atoms with Gasteiger partial charge in [-0.3, -0.25) is 9.69 Å². The molecule has 4 rings (SSSR count). The first-order valence-electron chi connectivity index (χ1n) is 10.0. The van der Waals surface area contributed by atoms with E-state index in [2.05, 4.69) is 47.2 Å². The van der Waals surface area contributed by atoms with Gasteiger partial charge in [-0.05, 0) is 43.2 Å². The van der Waals surface area contributed by atoms with Crippen LogP contribution >= 0.6 is 11.3 Å². The number of benzene rings is 2. The number of carbonyl (C=O) groups excluding carboxylic acids is 1. The molecule has 1 fully saturated rings. The van der Waals surface area contributed by atoms with Crippen molar-refractivity contribution < 1.29 is 9.18 Å². The topological polar surface area (TPSA) is 48.5 Å². The van der Waals surface area contributed by atoms with Crippen LogP contribution in [0.3, 0.4) is 0 Å². The number of amides is 1. The van der Waals surface area contributed by atoms with Gasteiger partial charge in [0.1, 0.15) is 5.82 Å². The maximum absolute atomic E-state index is 14.0. The van der Waals surface area contributed by atoms with E-state index in [1.54, 1.807) is 12.1 Å². The van der Waals surface area contributed by atoms with Gasteiger partial charge in [0.25, 0.3) is 0 Å². The Hall–Kier alpha value is -2.77. The highest BCUT2D eigenvalue weighted by Gasteiger charge is 2.21. The van der Waals surface area contributed by atoms with Gasteiger partial charge >= 0.3 is 0 Å². The largest absolute Gasteiger partial charge is 0.367 e. The number of thiazole rings is 1. The van der Waals surface area contributed by atoms with Crippen molar-refractivity contribution in [2.24, 2.45) is 0 Å². The minimum absolute atomic E-state index is 0.0738. The number of piperazine rings is 1. The van der Waals surface area contributed by atoms with Crippen LogP contribution in [0.4, 0.5) is 15.2 Å². The molecule has 1 saturated heterocycles. The lowest BCUT2D eigenvalue weighted by Gasteiger charge is -2.35. The number of aromatic nitrogens is 1. The van der Waals surface area contributed by atoms with Crippen molar-refractivity contribution in [1.82, 2.24) is 9.88 Å². The Bertz CT molecular complexity index is 1040. The molecule has 2 aromatic carbocycles. The van der Waals surface area contributed by atoms with Crippen LogP contribution in [0.1, 0.15) is 11.1 Å². The summed E-state index contributed by atoms with van der Waals surface area (Å²) in [5.74, 6) is -0.276. The number of halogens is 1. The Labute approximate surface area is 180 Å². The van der Waals surface area contributed by atoms with Crippen molar-refractivity contribution in [1.29, 1.82) is 0 Å². The van der Waals surface area contributed by atoms with Gasteiger partial charge in [0.15, 0.2) is 5.13 Å². The number of anilines is 2. The van der Waals surface area contributed by atoms with E-state index in [1.807, 2.05) is 16.3 Å². The zero-order valence-corrected chi connectivity index (χ0v) is 18.0.